The molecule has 0 saturated heterocycles. The van der Waals surface area contributed by atoms with Gasteiger partial charge in [0.1, 0.15) is 5.75 Å². The average molecular weight is 514 g/mol. The van der Waals surface area contributed by atoms with Crippen LogP contribution >= 0.6 is 28.1 Å². The Bertz CT molecular complexity index is 1160. The van der Waals surface area contributed by atoms with Gasteiger partial charge in [-0.05, 0) is 64.9 Å². The van der Waals surface area contributed by atoms with Gasteiger partial charge < -0.3 is 10.1 Å². The number of nitro groups is 1. The maximum absolute atomic E-state index is 12.5. The molecule has 0 aliphatic heterocycles. The highest BCUT2D eigenvalue weighted by Crippen LogP contribution is 2.26. The van der Waals surface area contributed by atoms with Crippen LogP contribution in [0.15, 0.2) is 71.2 Å². The Hall–Kier alpha value is -3.30. The van der Waals surface area contributed by atoms with E-state index in [0.29, 0.717) is 33.6 Å². The van der Waals surface area contributed by atoms with Crippen LogP contribution in [0.1, 0.15) is 21.5 Å². The molecular formula is C23H20BrN3O4S. The largest absolute Gasteiger partial charge is 0.492 e. The number of carbonyl (C=O) groups excluding carboxylic acids is 1. The highest BCUT2D eigenvalue weighted by atomic mass is 79.9. The van der Waals surface area contributed by atoms with Crippen molar-refractivity contribution in [3.8, 4) is 5.75 Å². The van der Waals surface area contributed by atoms with Crippen molar-refractivity contribution in [3.63, 3.8) is 0 Å². The maximum Gasteiger partial charge on any atom is 0.274 e. The topological polar surface area (TPSA) is 93.5 Å². The highest BCUT2D eigenvalue weighted by molar-refractivity contribution is 9.10. The zero-order valence-corrected chi connectivity index (χ0v) is 19.5. The molecule has 0 atom stereocenters. The van der Waals surface area contributed by atoms with Crippen molar-refractivity contribution in [3.05, 3.63) is 98.0 Å². The SMILES string of the molecule is Cc1ccc(NC(=S)NC(=O)c2ccc(OCCc3ccccc3)c(Br)c2)cc1[N+](=O)[O-]. The second-order valence-corrected chi connectivity index (χ2v) is 8.16. The summed E-state index contributed by atoms with van der Waals surface area (Å²) in [5.74, 6) is 0.214. The van der Waals surface area contributed by atoms with Crippen LogP contribution in [0.3, 0.4) is 0 Å². The number of nitrogens with one attached hydrogen (secondary N) is 2. The number of aryl methyl sites for hydroxylation is 1. The van der Waals surface area contributed by atoms with Gasteiger partial charge in [-0.25, -0.2) is 0 Å². The van der Waals surface area contributed by atoms with Crippen LogP contribution in [0.25, 0.3) is 0 Å². The van der Waals surface area contributed by atoms with E-state index in [0.717, 1.165) is 6.42 Å². The van der Waals surface area contributed by atoms with E-state index < -0.39 is 10.8 Å². The van der Waals surface area contributed by atoms with Gasteiger partial charge in [-0.15, -0.1) is 0 Å². The number of carbonyl (C=O) groups is 1. The molecule has 0 bridgehead atoms. The number of hydrogen-bond acceptors (Lipinski definition) is 5. The van der Waals surface area contributed by atoms with Crippen LogP contribution in [0.4, 0.5) is 11.4 Å². The normalized spacial score (nSPS) is 10.3. The number of ether oxygens (including phenoxy) is 1. The smallest absolute Gasteiger partial charge is 0.274 e. The first kappa shape index (κ1) is 23.4. The second kappa shape index (κ2) is 10.8. The zero-order chi connectivity index (χ0) is 23.1. The highest BCUT2D eigenvalue weighted by Gasteiger charge is 2.14. The van der Waals surface area contributed by atoms with Gasteiger partial charge in [0.25, 0.3) is 11.6 Å². The molecule has 0 aliphatic rings. The quantitative estimate of drug-likeness (QED) is 0.249. The summed E-state index contributed by atoms with van der Waals surface area (Å²) in [5, 5.41) is 16.5. The van der Waals surface area contributed by atoms with Crippen molar-refractivity contribution in [1.29, 1.82) is 0 Å². The first-order valence-corrected chi connectivity index (χ1v) is 10.9. The predicted octanol–water partition coefficient (Wildman–Crippen LogP) is 5.41. The Morgan fingerprint density at radius 2 is 1.88 bits per heavy atom. The number of amides is 1. The number of nitrogens with zero attached hydrogens (tertiary/aromatic N) is 1. The first-order chi connectivity index (χ1) is 15.3. The van der Waals surface area contributed by atoms with Crippen molar-refractivity contribution >= 4 is 50.5 Å². The van der Waals surface area contributed by atoms with E-state index in [4.69, 9.17) is 17.0 Å². The van der Waals surface area contributed by atoms with Crippen molar-refractivity contribution in [2.24, 2.45) is 0 Å². The summed E-state index contributed by atoms with van der Waals surface area (Å²) in [6.07, 6.45) is 0.770. The lowest BCUT2D eigenvalue weighted by molar-refractivity contribution is -0.385. The third kappa shape index (κ3) is 6.35. The molecule has 0 heterocycles. The van der Waals surface area contributed by atoms with E-state index in [-0.39, 0.29) is 10.8 Å². The summed E-state index contributed by atoms with van der Waals surface area (Å²) >= 11 is 8.60. The minimum atomic E-state index is -0.469. The van der Waals surface area contributed by atoms with E-state index >= 15 is 0 Å². The monoisotopic (exact) mass is 513 g/mol. The van der Waals surface area contributed by atoms with E-state index in [2.05, 4.69) is 26.6 Å². The zero-order valence-electron chi connectivity index (χ0n) is 17.1. The van der Waals surface area contributed by atoms with E-state index in [1.165, 1.54) is 11.6 Å². The molecule has 0 saturated carbocycles. The van der Waals surface area contributed by atoms with Gasteiger partial charge in [-0.1, -0.05) is 36.4 Å². The second-order valence-electron chi connectivity index (χ2n) is 6.90. The molecule has 0 aromatic heterocycles. The maximum atomic E-state index is 12.5. The summed E-state index contributed by atoms with van der Waals surface area (Å²) in [6.45, 7) is 2.15. The molecule has 7 nitrogen and oxygen atoms in total. The summed E-state index contributed by atoms with van der Waals surface area (Å²) in [5.41, 5.74) is 2.48. The van der Waals surface area contributed by atoms with Gasteiger partial charge in [0.2, 0.25) is 0 Å². The van der Waals surface area contributed by atoms with Crippen LogP contribution < -0.4 is 15.4 Å². The van der Waals surface area contributed by atoms with Gasteiger partial charge in [0.15, 0.2) is 5.11 Å². The molecule has 2 N–H and O–H groups in total. The number of nitro benzene ring substituents is 1. The van der Waals surface area contributed by atoms with E-state index in [1.807, 2.05) is 30.3 Å². The van der Waals surface area contributed by atoms with Gasteiger partial charge in [-0.2, -0.15) is 0 Å². The number of anilines is 1. The molecule has 0 radical (unpaired) electrons. The van der Waals surface area contributed by atoms with Crippen LogP contribution in [0, 0.1) is 17.0 Å². The molecule has 0 spiro atoms. The van der Waals surface area contributed by atoms with Crippen LogP contribution in [0.2, 0.25) is 0 Å². The standard InChI is InChI=1S/C23H20BrN3O4S/c1-15-7-9-18(14-20(15)27(29)30)25-23(32)26-22(28)17-8-10-21(19(24)13-17)31-12-11-16-5-3-2-4-6-16/h2-10,13-14H,11-12H2,1H3,(H2,25,26,28,32). The molecular weight excluding hydrogens is 494 g/mol. The predicted molar refractivity (Wildman–Crippen MR) is 131 cm³/mol. The van der Waals surface area contributed by atoms with Gasteiger partial charge in [0, 0.05) is 29.3 Å². The van der Waals surface area contributed by atoms with Crippen LogP contribution in [-0.4, -0.2) is 22.5 Å². The molecule has 3 aromatic carbocycles. The Balaban J connectivity index is 1.56. The molecule has 9 heteroatoms. The number of benzene rings is 3. The fourth-order valence-electron chi connectivity index (χ4n) is 2.90. The summed E-state index contributed by atoms with van der Waals surface area (Å²) < 4.78 is 6.45. The van der Waals surface area contributed by atoms with Gasteiger partial charge in [-0.3, -0.25) is 20.2 Å². The number of hydrogen-bond donors (Lipinski definition) is 2. The summed E-state index contributed by atoms with van der Waals surface area (Å²) in [6, 6.07) is 19.6. The van der Waals surface area contributed by atoms with Gasteiger partial charge in [0.05, 0.1) is 16.0 Å². The third-order valence-electron chi connectivity index (χ3n) is 4.58. The molecule has 0 unspecified atom stereocenters. The van der Waals surface area contributed by atoms with Crippen molar-refractivity contribution < 1.29 is 14.5 Å². The molecule has 3 aromatic rings. The summed E-state index contributed by atoms with van der Waals surface area (Å²) in [4.78, 5) is 23.1. The Morgan fingerprint density at radius 1 is 1.12 bits per heavy atom. The Labute approximate surface area is 199 Å². The Morgan fingerprint density at radius 3 is 2.56 bits per heavy atom. The minimum absolute atomic E-state index is 0.0316. The Kier molecular flexibility index (Phi) is 7.91. The van der Waals surface area contributed by atoms with Crippen molar-refractivity contribution in [2.75, 3.05) is 11.9 Å². The molecule has 32 heavy (non-hydrogen) atoms. The average Bonchev–Trinajstić information content (AvgIpc) is 2.76. The number of halogens is 1. The fraction of sp³-hybridized carbons (Fsp3) is 0.130. The lowest BCUT2D eigenvalue weighted by Crippen LogP contribution is -2.34. The van der Waals surface area contributed by atoms with E-state index in [1.54, 1.807) is 37.3 Å². The van der Waals surface area contributed by atoms with Crippen molar-refractivity contribution in [2.45, 2.75) is 13.3 Å². The lowest BCUT2D eigenvalue weighted by Gasteiger charge is -2.12. The van der Waals surface area contributed by atoms with Gasteiger partial charge >= 0.3 is 0 Å². The number of thiocarbonyl (C=S) groups is 1. The third-order valence-corrected chi connectivity index (χ3v) is 5.40. The van der Waals surface area contributed by atoms with Crippen molar-refractivity contribution in [1.82, 2.24) is 5.32 Å². The number of rotatable bonds is 7. The lowest BCUT2D eigenvalue weighted by atomic mass is 10.2. The minimum Gasteiger partial charge on any atom is -0.492 e. The summed E-state index contributed by atoms with van der Waals surface area (Å²) in [7, 11) is 0. The van der Waals surface area contributed by atoms with Crippen LogP contribution in [-0.2, 0) is 6.42 Å². The molecule has 0 fully saturated rings. The first-order valence-electron chi connectivity index (χ1n) is 9.67. The molecule has 1 amide bonds. The molecule has 0 aliphatic carbocycles. The fourth-order valence-corrected chi connectivity index (χ4v) is 3.61. The molecule has 164 valence electrons. The van der Waals surface area contributed by atoms with E-state index in [9.17, 15) is 14.9 Å². The van der Waals surface area contributed by atoms with Crippen LogP contribution in [0.5, 0.6) is 5.75 Å². The molecule has 3 rings (SSSR count).